The SMILES string of the molecule is O=C(CCc1nc(-c2ccncc2)no1)N1CCN(S(=O)(=O)c2ccc3c(c2)OCCCO3)CC1. The number of carbonyl (C=O) groups excluding carboxylic acids is 1. The van der Waals surface area contributed by atoms with E-state index in [0.29, 0.717) is 55.9 Å². The highest BCUT2D eigenvalue weighted by Crippen LogP contribution is 2.33. The Bertz CT molecular complexity index is 1290. The van der Waals surface area contributed by atoms with Crippen molar-refractivity contribution in [3.63, 3.8) is 0 Å². The third-order valence-corrected chi connectivity index (χ3v) is 7.80. The lowest BCUT2D eigenvalue weighted by molar-refractivity contribution is -0.132. The molecule has 3 aromatic rings. The van der Waals surface area contributed by atoms with Gasteiger partial charge in [-0.25, -0.2) is 8.42 Å². The van der Waals surface area contributed by atoms with Crippen LogP contribution in [-0.2, 0) is 21.2 Å². The van der Waals surface area contributed by atoms with Crippen molar-refractivity contribution in [2.45, 2.75) is 24.2 Å². The van der Waals surface area contributed by atoms with Gasteiger partial charge in [0.25, 0.3) is 0 Å². The quantitative estimate of drug-likeness (QED) is 0.498. The third-order valence-electron chi connectivity index (χ3n) is 5.91. The van der Waals surface area contributed by atoms with Gasteiger partial charge in [-0.1, -0.05) is 5.16 Å². The van der Waals surface area contributed by atoms with Crippen LogP contribution in [0.25, 0.3) is 11.4 Å². The van der Waals surface area contributed by atoms with Crippen molar-refractivity contribution in [3.05, 3.63) is 48.6 Å². The van der Waals surface area contributed by atoms with E-state index in [1.165, 1.54) is 16.4 Å². The Balaban J connectivity index is 1.15. The lowest BCUT2D eigenvalue weighted by atomic mass is 10.2. The molecule has 0 atom stereocenters. The fraction of sp³-hybridized carbons (Fsp3) is 0.391. The van der Waals surface area contributed by atoms with Crippen molar-refractivity contribution in [1.29, 1.82) is 0 Å². The molecule has 1 amide bonds. The molecule has 4 heterocycles. The Kier molecular flexibility index (Phi) is 6.64. The second-order valence-electron chi connectivity index (χ2n) is 8.19. The van der Waals surface area contributed by atoms with Gasteiger partial charge in [-0.2, -0.15) is 9.29 Å². The maximum atomic E-state index is 13.2. The number of pyridine rings is 1. The van der Waals surface area contributed by atoms with E-state index in [4.69, 9.17) is 14.0 Å². The first-order chi connectivity index (χ1) is 17.0. The van der Waals surface area contributed by atoms with E-state index >= 15 is 0 Å². The number of carbonyl (C=O) groups is 1. The number of rotatable bonds is 6. The summed E-state index contributed by atoms with van der Waals surface area (Å²) < 4.78 is 44.2. The van der Waals surface area contributed by atoms with Crippen molar-refractivity contribution in [2.75, 3.05) is 39.4 Å². The summed E-state index contributed by atoms with van der Waals surface area (Å²) in [6.07, 6.45) is 4.54. The van der Waals surface area contributed by atoms with Crippen molar-refractivity contribution in [3.8, 4) is 22.9 Å². The normalized spacial score (nSPS) is 16.6. The molecule has 2 aliphatic rings. The first-order valence-electron chi connectivity index (χ1n) is 11.4. The summed E-state index contributed by atoms with van der Waals surface area (Å²) in [6.45, 7) is 2.08. The van der Waals surface area contributed by atoms with E-state index in [0.717, 1.165) is 12.0 Å². The van der Waals surface area contributed by atoms with Crippen LogP contribution in [-0.4, -0.2) is 78.0 Å². The Hall–Kier alpha value is -3.51. The van der Waals surface area contributed by atoms with Crippen LogP contribution in [0.2, 0.25) is 0 Å². The number of hydrogen-bond acceptors (Lipinski definition) is 9. The van der Waals surface area contributed by atoms with Crippen LogP contribution in [0.5, 0.6) is 11.5 Å². The summed E-state index contributed by atoms with van der Waals surface area (Å²) in [5.41, 5.74) is 0.784. The van der Waals surface area contributed by atoms with Gasteiger partial charge in [-0.15, -0.1) is 0 Å². The summed E-state index contributed by atoms with van der Waals surface area (Å²) in [5.74, 6) is 1.72. The molecule has 0 radical (unpaired) electrons. The molecule has 12 heteroatoms. The summed E-state index contributed by atoms with van der Waals surface area (Å²) in [5, 5.41) is 3.95. The number of benzene rings is 1. The fourth-order valence-corrected chi connectivity index (χ4v) is 5.42. The molecule has 1 fully saturated rings. The van der Waals surface area contributed by atoms with Crippen LogP contribution in [0.4, 0.5) is 0 Å². The lowest BCUT2D eigenvalue weighted by Gasteiger charge is -2.34. The highest BCUT2D eigenvalue weighted by molar-refractivity contribution is 7.89. The number of aromatic nitrogens is 3. The maximum absolute atomic E-state index is 13.2. The van der Waals surface area contributed by atoms with Crippen LogP contribution in [0.15, 0.2) is 52.1 Å². The smallest absolute Gasteiger partial charge is 0.243 e. The first-order valence-corrected chi connectivity index (χ1v) is 12.9. The number of ether oxygens (including phenoxy) is 2. The number of hydrogen-bond donors (Lipinski definition) is 0. The molecule has 0 saturated carbocycles. The van der Waals surface area contributed by atoms with E-state index < -0.39 is 10.0 Å². The minimum atomic E-state index is -3.71. The Labute approximate surface area is 202 Å². The van der Waals surface area contributed by atoms with Crippen LogP contribution in [0.3, 0.4) is 0 Å². The zero-order chi connectivity index (χ0) is 24.3. The molecule has 0 N–H and O–H groups in total. The van der Waals surface area contributed by atoms with E-state index in [2.05, 4.69) is 15.1 Å². The van der Waals surface area contributed by atoms with E-state index in [-0.39, 0.29) is 30.3 Å². The second kappa shape index (κ2) is 10.0. The Morgan fingerprint density at radius 2 is 1.71 bits per heavy atom. The predicted octanol–water partition coefficient (Wildman–Crippen LogP) is 1.76. The third kappa shape index (κ3) is 5.13. The molecule has 0 spiro atoms. The molecule has 184 valence electrons. The topological polar surface area (TPSA) is 128 Å². The average Bonchev–Trinajstić information content (AvgIpc) is 3.25. The molecular weight excluding hydrogens is 474 g/mol. The number of amides is 1. The molecule has 0 bridgehead atoms. The van der Waals surface area contributed by atoms with Crippen LogP contribution < -0.4 is 9.47 Å². The predicted molar refractivity (Wildman–Crippen MR) is 123 cm³/mol. The highest BCUT2D eigenvalue weighted by Gasteiger charge is 2.31. The Morgan fingerprint density at radius 3 is 2.49 bits per heavy atom. The molecule has 35 heavy (non-hydrogen) atoms. The minimum Gasteiger partial charge on any atom is -0.490 e. The van der Waals surface area contributed by atoms with Crippen molar-refractivity contribution < 1.29 is 27.2 Å². The van der Waals surface area contributed by atoms with Gasteiger partial charge in [0.15, 0.2) is 11.5 Å². The Morgan fingerprint density at radius 1 is 0.971 bits per heavy atom. The standard InChI is InChI=1S/C23H25N5O6S/c29-22(5-4-21-25-23(26-34-21)17-6-8-24-9-7-17)27-10-12-28(13-11-27)35(30,31)18-2-3-19-20(16-18)33-15-1-14-32-19/h2-3,6-9,16H,1,4-5,10-15H2. The highest BCUT2D eigenvalue weighted by atomic mass is 32.2. The second-order valence-corrected chi connectivity index (χ2v) is 10.1. The molecular formula is C23H25N5O6S. The van der Waals surface area contributed by atoms with Crippen LogP contribution in [0.1, 0.15) is 18.7 Å². The number of nitrogens with zero attached hydrogens (tertiary/aromatic N) is 5. The van der Waals surface area contributed by atoms with Gasteiger partial charge >= 0.3 is 0 Å². The van der Waals surface area contributed by atoms with Crippen LogP contribution in [0, 0.1) is 0 Å². The minimum absolute atomic E-state index is 0.0821. The zero-order valence-corrected chi connectivity index (χ0v) is 19.8. The molecule has 2 aromatic heterocycles. The number of sulfonamides is 1. The van der Waals surface area contributed by atoms with Crippen LogP contribution >= 0.6 is 0 Å². The van der Waals surface area contributed by atoms with Gasteiger partial charge in [0, 0.05) is 69.5 Å². The van der Waals surface area contributed by atoms with Crippen molar-refractivity contribution in [1.82, 2.24) is 24.3 Å². The molecule has 11 nitrogen and oxygen atoms in total. The van der Waals surface area contributed by atoms with Crippen molar-refractivity contribution >= 4 is 15.9 Å². The summed E-state index contributed by atoms with van der Waals surface area (Å²) >= 11 is 0. The van der Waals surface area contributed by atoms with E-state index in [1.54, 1.807) is 35.5 Å². The average molecular weight is 500 g/mol. The monoisotopic (exact) mass is 499 g/mol. The van der Waals surface area contributed by atoms with E-state index in [1.807, 2.05) is 0 Å². The molecule has 0 aliphatic carbocycles. The van der Waals surface area contributed by atoms with Gasteiger partial charge in [-0.3, -0.25) is 9.78 Å². The first kappa shape index (κ1) is 23.2. The number of fused-ring (bicyclic) bond motifs is 1. The molecule has 1 saturated heterocycles. The number of piperazine rings is 1. The van der Waals surface area contributed by atoms with Crippen molar-refractivity contribution in [2.24, 2.45) is 0 Å². The van der Waals surface area contributed by atoms with Gasteiger partial charge in [0.2, 0.25) is 27.6 Å². The molecule has 0 unspecified atom stereocenters. The van der Waals surface area contributed by atoms with Gasteiger partial charge in [0.1, 0.15) is 0 Å². The van der Waals surface area contributed by atoms with Gasteiger partial charge in [0.05, 0.1) is 18.1 Å². The maximum Gasteiger partial charge on any atom is 0.243 e. The molecule has 1 aromatic carbocycles. The molecule has 5 rings (SSSR count). The number of aryl methyl sites for hydroxylation is 1. The summed E-state index contributed by atoms with van der Waals surface area (Å²) in [6, 6.07) is 8.23. The largest absolute Gasteiger partial charge is 0.490 e. The lowest BCUT2D eigenvalue weighted by Crippen LogP contribution is -2.50. The molecule has 2 aliphatic heterocycles. The van der Waals surface area contributed by atoms with E-state index in [9.17, 15) is 13.2 Å². The van der Waals surface area contributed by atoms with Gasteiger partial charge < -0.3 is 18.9 Å². The fourth-order valence-electron chi connectivity index (χ4n) is 3.98. The zero-order valence-electron chi connectivity index (χ0n) is 19.0. The summed E-state index contributed by atoms with van der Waals surface area (Å²) in [4.78, 5) is 22.8. The van der Waals surface area contributed by atoms with Gasteiger partial charge in [-0.05, 0) is 24.3 Å². The summed E-state index contributed by atoms with van der Waals surface area (Å²) in [7, 11) is -3.71.